The molecule has 8 heteroatoms. The van der Waals surface area contributed by atoms with Crippen LogP contribution in [0.5, 0.6) is 0 Å². The van der Waals surface area contributed by atoms with Crippen LogP contribution in [0, 0.1) is 0 Å². The van der Waals surface area contributed by atoms with Gasteiger partial charge in [-0.15, -0.1) is 11.3 Å². The Morgan fingerprint density at radius 1 is 1.30 bits per heavy atom. The van der Waals surface area contributed by atoms with Crippen LogP contribution >= 0.6 is 11.3 Å². The maximum atomic E-state index is 12.5. The minimum Gasteiger partial charge on any atom is -0.462 e. The number of hydrogen-bond donors (Lipinski definition) is 3. The molecule has 0 atom stereocenters. The lowest BCUT2D eigenvalue weighted by molar-refractivity contribution is 0.0529. The van der Waals surface area contributed by atoms with E-state index in [1.807, 2.05) is 18.2 Å². The molecule has 1 aliphatic heterocycles. The molecule has 30 heavy (non-hydrogen) atoms. The highest BCUT2D eigenvalue weighted by Gasteiger charge is 2.20. The normalized spacial score (nSPS) is 15.1. The van der Waals surface area contributed by atoms with Gasteiger partial charge in [0.1, 0.15) is 5.52 Å². The summed E-state index contributed by atoms with van der Waals surface area (Å²) in [6.45, 7) is 4.10. The van der Waals surface area contributed by atoms with E-state index >= 15 is 0 Å². The number of ether oxygens (including phenoxy) is 1. The van der Waals surface area contributed by atoms with Gasteiger partial charge in [-0.2, -0.15) is 0 Å². The number of esters is 1. The molecular weight excluding hydrogens is 400 g/mol. The lowest BCUT2D eigenvalue weighted by atomic mass is 9.99. The van der Waals surface area contributed by atoms with Gasteiger partial charge in [-0.25, -0.2) is 9.78 Å². The first-order chi connectivity index (χ1) is 14.7. The number of rotatable bonds is 4. The Hall–Kier alpha value is -2.97. The molecule has 0 bridgehead atoms. The lowest BCUT2D eigenvalue weighted by Crippen LogP contribution is -2.26. The number of pyridine rings is 1. The molecule has 3 N–H and O–H groups in total. The van der Waals surface area contributed by atoms with Gasteiger partial charge >= 0.3 is 5.97 Å². The average Bonchev–Trinajstić information content (AvgIpc) is 3.43. The van der Waals surface area contributed by atoms with E-state index in [2.05, 4.69) is 20.7 Å². The second-order valence-corrected chi connectivity index (χ2v) is 8.37. The molecule has 154 valence electrons. The van der Waals surface area contributed by atoms with Gasteiger partial charge in [0.25, 0.3) is 5.56 Å². The molecule has 4 heterocycles. The molecular formula is C22H22N4O3S. The summed E-state index contributed by atoms with van der Waals surface area (Å²) in [4.78, 5) is 35.6. The number of carbonyl (C=O) groups is 1. The zero-order chi connectivity index (χ0) is 20.7. The zero-order valence-electron chi connectivity index (χ0n) is 16.6. The zero-order valence-corrected chi connectivity index (χ0v) is 17.4. The van der Waals surface area contributed by atoms with Crippen molar-refractivity contribution in [2.75, 3.05) is 19.7 Å². The molecule has 0 aliphatic carbocycles. The summed E-state index contributed by atoms with van der Waals surface area (Å²) in [6.07, 6.45) is 3.76. The van der Waals surface area contributed by atoms with Crippen LogP contribution in [0.25, 0.3) is 33.1 Å². The Morgan fingerprint density at radius 3 is 2.93 bits per heavy atom. The maximum Gasteiger partial charge on any atom is 0.340 e. The Bertz CT molecular complexity index is 1300. The van der Waals surface area contributed by atoms with Crippen molar-refractivity contribution < 1.29 is 9.53 Å². The number of hydrogen-bond acceptors (Lipinski definition) is 6. The highest BCUT2D eigenvalue weighted by molar-refractivity contribution is 7.10. The smallest absolute Gasteiger partial charge is 0.340 e. The van der Waals surface area contributed by atoms with Gasteiger partial charge in [0.15, 0.2) is 0 Å². The first-order valence-electron chi connectivity index (χ1n) is 10.2. The summed E-state index contributed by atoms with van der Waals surface area (Å²) in [6, 6.07) is 5.82. The average molecular weight is 423 g/mol. The lowest BCUT2D eigenvalue weighted by Gasteiger charge is -2.20. The van der Waals surface area contributed by atoms with Crippen molar-refractivity contribution >= 4 is 39.1 Å². The van der Waals surface area contributed by atoms with E-state index in [1.54, 1.807) is 24.5 Å². The van der Waals surface area contributed by atoms with E-state index < -0.39 is 5.97 Å². The number of piperidine rings is 1. The maximum absolute atomic E-state index is 12.5. The fourth-order valence-electron chi connectivity index (χ4n) is 4.13. The molecule has 1 fully saturated rings. The van der Waals surface area contributed by atoms with Gasteiger partial charge in [0.05, 0.1) is 22.9 Å². The fraction of sp³-hybridized carbons (Fsp3) is 0.318. The third kappa shape index (κ3) is 3.22. The van der Waals surface area contributed by atoms with Crippen LogP contribution in [0.3, 0.4) is 0 Å². The fourth-order valence-corrected chi connectivity index (χ4v) is 5.13. The number of carbonyl (C=O) groups excluding carboxylic acids is 1. The Balaban J connectivity index is 1.63. The molecule has 7 nitrogen and oxygen atoms in total. The van der Waals surface area contributed by atoms with E-state index in [4.69, 9.17) is 9.72 Å². The van der Waals surface area contributed by atoms with Crippen molar-refractivity contribution in [3.63, 3.8) is 0 Å². The van der Waals surface area contributed by atoms with Crippen LogP contribution in [0.1, 0.15) is 41.0 Å². The summed E-state index contributed by atoms with van der Waals surface area (Å²) >= 11 is 1.70. The number of nitrogens with zero attached hydrogens (tertiary/aromatic N) is 1. The first kappa shape index (κ1) is 19.0. The molecule has 1 aliphatic rings. The largest absolute Gasteiger partial charge is 0.462 e. The number of fused-ring (bicyclic) bond motifs is 3. The monoisotopic (exact) mass is 422 g/mol. The number of benzene rings is 1. The number of nitrogens with one attached hydrogen (secondary N) is 3. The topological polar surface area (TPSA) is 99.9 Å². The predicted octanol–water partition coefficient (Wildman–Crippen LogP) is 3.78. The van der Waals surface area contributed by atoms with Crippen molar-refractivity contribution in [2.24, 2.45) is 0 Å². The van der Waals surface area contributed by atoms with E-state index in [-0.39, 0.29) is 12.2 Å². The number of H-pyrrole nitrogens is 2. The van der Waals surface area contributed by atoms with Crippen molar-refractivity contribution in [1.82, 2.24) is 20.3 Å². The van der Waals surface area contributed by atoms with Crippen LogP contribution in [0.15, 0.2) is 34.6 Å². The highest BCUT2D eigenvalue weighted by atomic mass is 32.1. The van der Waals surface area contributed by atoms with Gasteiger partial charge in [0.2, 0.25) is 0 Å². The Morgan fingerprint density at radius 2 is 2.13 bits per heavy atom. The van der Waals surface area contributed by atoms with Crippen LogP contribution in [0.2, 0.25) is 0 Å². The van der Waals surface area contributed by atoms with Crippen LogP contribution in [-0.2, 0) is 4.74 Å². The Labute approximate surface area is 176 Å². The first-order valence-corrected chi connectivity index (χ1v) is 11.0. The SMILES string of the molecule is CCOC(=O)c1c[nH]c2c(=O)[nH]c3ccc(-c4csc(C5CCNCC5)n4)cc3c12. The van der Waals surface area contributed by atoms with E-state index in [0.717, 1.165) is 42.6 Å². The molecule has 0 amide bonds. The molecule has 4 aromatic rings. The standard InChI is InChI=1S/C22H22N4O3S/c1-2-29-22(28)15-10-24-19-18(15)14-9-13(3-4-16(14)25-20(19)27)17-11-30-21(26-17)12-5-7-23-8-6-12/h3-4,9-12,23-24H,2,5-8H2,1H3,(H,25,27). The minimum atomic E-state index is -0.442. The van der Waals surface area contributed by atoms with Crippen LogP contribution in [0.4, 0.5) is 0 Å². The van der Waals surface area contributed by atoms with E-state index in [9.17, 15) is 9.59 Å². The summed E-state index contributed by atoms with van der Waals surface area (Å²) in [5, 5.41) is 8.03. The van der Waals surface area contributed by atoms with E-state index in [1.165, 1.54) is 5.01 Å². The van der Waals surface area contributed by atoms with Crippen LogP contribution < -0.4 is 10.9 Å². The summed E-state index contributed by atoms with van der Waals surface area (Å²) in [5.74, 6) is 0.0662. The highest BCUT2D eigenvalue weighted by Crippen LogP contribution is 2.33. The van der Waals surface area contributed by atoms with Gasteiger partial charge < -0.3 is 20.0 Å². The predicted molar refractivity (Wildman–Crippen MR) is 118 cm³/mol. The third-order valence-corrected chi connectivity index (χ3v) is 6.65. The molecule has 3 aromatic heterocycles. The number of aromatic nitrogens is 3. The van der Waals surface area contributed by atoms with E-state index in [0.29, 0.717) is 27.9 Å². The molecule has 0 unspecified atom stereocenters. The summed E-state index contributed by atoms with van der Waals surface area (Å²) in [5.41, 5.74) is 3.04. The van der Waals surface area contributed by atoms with Gasteiger partial charge in [-0.3, -0.25) is 4.79 Å². The van der Waals surface area contributed by atoms with Crippen molar-refractivity contribution in [1.29, 1.82) is 0 Å². The van der Waals surface area contributed by atoms with Crippen LogP contribution in [-0.4, -0.2) is 40.6 Å². The van der Waals surface area contributed by atoms with Crippen molar-refractivity contribution in [2.45, 2.75) is 25.7 Å². The molecule has 0 radical (unpaired) electrons. The number of thiazole rings is 1. The Kier molecular flexibility index (Phi) is 4.88. The van der Waals surface area contributed by atoms with Gasteiger partial charge in [0, 0.05) is 39.3 Å². The molecule has 5 rings (SSSR count). The summed E-state index contributed by atoms with van der Waals surface area (Å²) < 4.78 is 5.18. The molecule has 0 saturated carbocycles. The minimum absolute atomic E-state index is 0.261. The molecule has 1 saturated heterocycles. The third-order valence-electron chi connectivity index (χ3n) is 5.65. The van der Waals surface area contributed by atoms with Gasteiger partial charge in [-0.05, 0) is 45.0 Å². The number of aromatic amines is 2. The quantitative estimate of drug-likeness (QED) is 0.435. The van der Waals surface area contributed by atoms with Gasteiger partial charge in [-0.1, -0.05) is 6.07 Å². The van der Waals surface area contributed by atoms with Crippen molar-refractivity contribution in [3.05, 3.63) is 50.7 Å². The summed E-state index contributed by atoms with van der Waals surface area (Å²) in [7, 11) is 0. The second kappa shape index (κ2) is 7.70. The molecule has 0 spiro atoms. The second-order valence-electron chi connectivity index (χ2n) is 7.48. The van der Waals surface area contributed by atoms with Crippen molar-refractivity contribution in [3.8, 4) is 11.3 Å². The molecule has 1 aromatic carbocycles.